The summed E-state index contributed by atoms with van der Waals surface area (Å²) in [5.41, 5.74) is -0.434. The van der Waals surface area contributed by atoms with Gasteiger partial charge >= 0.3 is 5.69 Å². The number of nitrogens with zero attached hydrogens (tertiary/aromatic N) is 1. The Morgan fingerprint density at radius 2 is 2.00 bits per heavy atom. The van der Waals surface area contributed by atoms with E-state index in [1.54, 1.807) is 11.9 Å². The molecule has 0 aromatic carbocycles. The highest BCUT2D eigenvalue weighted by Crippen LogP contribution is 2.25. The lowest BCUT2D eigenvalue weighted by molar-refractivity contribution is 0.796. The lowest BCUT2D eigenvalue weighted by Gasteiger charge is -2.15. The minimum Gasteiger partial charge on any atom is -0.358 e. The Kier molecular flexibility index (Phi) is 1.45. The summed E-state index contributed by atoms with van der Waals surface area (Å²) >= 11 is 0. The summed E-state index contributed by atoms with van der Waals surface area (Å²) in [6.07, 6.45) is 0.0224. The third-order valence-electron chi connectivity index (χ3n) is 2.21. The second-order valence-corrected chi connectivity index (χ2v) is 3.06. The maximum atomic E-state index is 11.3. The number of fused-ring (bicyclic) bond motifs is 1. The van der Waals surface area contributed by atoms with E-state index in [0.29, 0.717) is 11.5 Å². The molecule has 0 saturated carbocycles. The van der Waals surface area contributed by atoms with Gasteiger partial charge in [-0.2, -0.15) is 0 Å². The van der Waals surface area contributed by atoms with Crippen LogP contribution in [-0.2, 0) is 0 Å². The van der Waals surface area contributed by atoms with Crippen LogP contribution in [-0.4, -0.2) is 23.2 Å². The Bertz CT molecular complexity index is 447. The van der Waals surface area contributed by atoms with Crippen LogP contribution >= 0.6 is 0 Å². The molecule has 3 N–H and O–H groups in total. The van der Waals surface area contributed by atoms with Crippen LogP contribution in [0.5, 0.6) is 0 Å². The van der Waals surface area contributed by atoms with Crippen LogP contribution in [0.2, 0.25) is 0 Å². The van der Waals surface area contributed by atoms with Gasteiger partial charge in [0.05, 0.1) is 6.17 Å². The number of aromatic nitrogens is 2. The lowest BCUT2D eigenvalue weighted by atomic mass is 10.5. The molecule has 0 amide bonds. The zero-order valence-corrected chi connectivity index (χ0v) is 7.34. The lowest BCUT2D eigenvalue weighted by Crippen LogP contribution is -2.29. The van der Waals surface area contributed by atoms with Crippen molar-refractivity contribution in [3.63, 3.8) is 0 Å². The Hall–Kier alpha value is -1.72. The molecule has 2 heterocycles. The molecule has 6 heteroatoms. The molecule has 1 unspecified atom stereocenters. The first-order chi connectivity index (χ1) is 6.09. The second-order valence-electron chi connectivity index (χ2n) is 3.06. The van der Waals surface area contributed by atoms with E-state index in [-0.39, 0.29) is 11.7 Å². The summed E-state index contributed by atoms with van der Waals surface area (Å²) in [7, 11) is 1.80. The Labute approximate surface area is 73.6 Å². The maximum absolute atomic E-state index is 11.3. The van der Waals surface area contributed by atoms with Crippen molar-refractivity contribution in [2.45, 2.75) is 13.1 Å². The van der Waals surface area contributed by atoms with Gasteiger partial charge in [-0.25, -0.2) is 4.79 Å². The molecule has 2 rings (SSSR count). The van der Waals surface area contributed by atoms with Gasteiger partial charge in [0, 0.05) is 7.05 Å². The molecule has 0 aliphatic carbocycles. The molecule has 13 heavy (non-hydrogen) atoms. The molecule has 0 radical (unpaired) electrons. The fourth-order valence-corrected chi connectivity index (χ4v) is 1.37. The van der Waals surface area contributed by atoms with Crippen LogP contribution in [0.4, 0.5) is 11.5 Å². The maximum Gasteiger partial charge on any atom is 0.327 e. The fourth-order valence-electron chi connectivity index (χ4n) is 1.37. The Morgan fingerprint density at radius 3 is 2.69 bits per heavy atom. The molecule has 1 atom stereocenters. The highest BCUT2D eigenvalue weighted by molar-refractivity contribution is 5.70. The third kappa shape index (κ3) is 1.02. The van der Waals surface area contributed by atoms with Crippen LogP contribution < -0.4 is 21.5 Å². The number of H-pyrrole nitrogens is 2. The molecule has 1 aliphatic rings. The van der Waals surface area contributed by atoms with Gasteiger partial charge in [-0.05, 0) is 6.92 Å². The third-order valence-corrected chi connectivity index (χ3v) is 2.21. The summed E-state index contributed by atoms with van der Waals surface area (Å²) in [5.74, 6) is 0.543. The Morgan fingerprint density at radius 1 is 1.31 bits per heavy atom. The van der Waals surface area contributed by atoms with E-state index in [2.05, 4.69) is 15.3 Å². The van der Waals surface area contributed by atoms with Gasteiger partial charge in [-0.3, -0.25) is 14.8 Å². The molecule has 1 aliphatic heterocycles. The average Bonchev–Trinajstić information content (AvgIpc) is 2.32. The van der Waals surface area contributed by atoms with Crippen molar-refractivity contribution >= 4 is 11.5 Å². The van der Waals surface area contributed by atoms with Crippen molar-refractivity contribution in [3.05, 3.63) is 20.8 Å². The van der Waals surface area contributed by atoms with Gasteiger partial charge in [0.1, 0.15) is 11.5 Å². The van der Waals surface area contributed by atoms with Gasteiger partial charge in [-0.15, -0.1) is 0 Å². The van der Waals surface area contributed by atoms with Gasteiger partial charge in [0.15, 0.2) is 0 Å². The van der Waals surface area contributed by atoms with E-state index in [0.717, 1.165) is 0 Å². The van der Waals surface area contributed by atoms with E-state index in [1.807, 2.05) is 6.92 Å². The van der Waals surface area contributed by atoms with E-state index < -0.39 is 5.69 Å². The molecule has 6 nitrogen and oxygen atoms in total. The van der Waals surface area contributed by atoms with Crippen LogP contribution in [0, 0.1) is 0 Å². The smallest absolute Gasteiger partial charge is 0.327 e. The van der Waals surface area contributed by atoms with E-state index >= 15 is 0 Å². The molecular weight excluding hydrogens is 172 g/mol. The SMILES string of the molecule is CC1Nc2c([nH]c(=O)[nH]c2=O)N1C. The van der Waals surface area contributed by atoms with E-state index in [4.69, 9.17) is 0 Å². The number of nitrogens with one attached hydrogen (secondary N) is 3. The Balaban J connectivity index is 2.71. The summed E-state index contributed by atoms with van der Waals surface area (Å²) in [6.45, 7) is 1.90. The monoisotopic (exact) mass is 182 g/mol. The molecule has 0 bridgehead atoms. The standard InChI is InChI=1S/C7H10N4O2/c1-3-8-4-5(11(3)2)9-7(13)10-6(4)12/h3,8H,1-2H3,(H2,9,10,12,13). The number of aromatic amines is 2. The van der Waals surface area contributed by atoms with E-state index in [1.165, 1.54) is 0 Å². The predicted molar refractivity (Wildman–Crippen MR) is 49.2 cm³/mol. The average molecular weight is 182 g/mol. The van der Waals surface area contributed by atoms with Gasteiger partial charge in [0.2, 0.25) is 0 Å². The molecule has 0 spiro atoms. The van der Waals surface area contributed by atoms with Crippen LogP contribution in [0.15, 0.2) is 9.59 Å². The second kappa shape index (κ2) is 2.38. The number of rotatable bonds is 0. The predicted octanol–water partition coefficient (Wildman–Crippen LogP) is -0.729. The zero-order valence-electron chi connectivity index (χ0n) is 7.34. The topological polar surface area (TPSA) is 81.0 Å². The summed E-state index contributed by atoms with van der Waals surface area (Å²) < 4.78 is 0. The van der Waals surface area contributed by atoms with Crippen LogP contribution in [0.1, 0.15) is 6.92 Å². The van der Waals surface area contributed by atoms with Crippen molar-refractivity contribution < 1.29 is 0 Å². The van der Waals surface area contributed by atoms with Crippen molar-refractivity contribution in [1.29, 1.82) is 0 Å². The van der Waals surface area contributed by atoms with Gasteiger partial charge < -0.3 is 10.2 Å². The largest absolute Gasteiger partial charge is 0.358 e. The first-order valence-electron chi connectivity index (χ1n) is 3.95. The molecule has 1 aromatic rings. The van der Waals surface area contributed by atoms with Crippen LogP contribution in [0.25, 0.3) is 0 Å². The molecule has 1 aromatic heterocycles. The molecule has 0 saturated heterocycles. The van der Waals surface area contributed by atoms with Crippen molar-refractivity contribution in [1.82, 2.24) is 9.97 Å². The van der Waals surface area contributed by atoms with Gasteiger partial charge in [-0.1, -0.05) is 0 Å². The quantitative estimate of drug-likeness (QED) is 0.494. The van der Waals surface area contributed by atoms with Crippen molar-refractivity contribution in [3.8, 4) is 0 Å². The highest BCUT2D eigenvalue weighted by atomic mass is 16.2. The molecule has 70 valence electrons. The minimum absolute atomic E-state index is 0.0224. The summed E-state index contributed by atoms with van der Waals surface area (Å²) in [4.78, 5) is 28.7. The molecular formula is C7H10N4O2. The minimum atomic E-state index is -0.480. The van der Waals surface area contributed by atoms with Crippen LogP contribution in [0.3, 0.4) is 0 Å². The molecule has 0 fully saturated rings. The van der Waals surface area contributed by atoms with E-state index in [9.17, 15) is 9.59 Å². The van der Waals surface area contributed by atoms with Crippen molar-refractivity contribution in [2.75, 3.05) is 17.3 Å². The number of hydrogen-bond acceptors (Lipinski definition) is 4. The number of anilines is 2. The normalized spacial score (nSPS) is 19.8. The number of hydrogen-bond donors (Lipinski definition) is 3. The zero-order chi connectivity index (χ0) is 9.59. The fraction of sp³-hybridized carbons (Fsp3) is 0.429. The first-order valence-corrected chi connectivity index (χ1v) is 3.95. The summed E-state index contributed by atoms with van der Waals surface area (Å²) in [5, 5.41) is 2.95. The van der Waals surface area contributed by atoms with Crippen molar-refractivity contribution in [2.24, 2.45) is 0 Å². The summed E-state index contributed by atoms with van der Waals surface area (Å²) in [6, 6.07) is 0. The first kappa shape index (κ1) is 7.90. The van der Waals surface area contributed by atoms with Gasteiger partial charge in [0.25, 0.3) is 5.56 Å². The highest BCUT2D eigenvalue weighted by Gasteiger charge is 2.25.